The summed E-state index contributed by atoms with van der Waals surface area (Å²) in [5.74, 6) is 1.07. The van der Waals surface area contributed by atoms with Gasteiger partial charge in [0.25, 0.3) is 0 Å². The van der Waals surface area contributed by atoms with Gasteiger partial charge in [-0.1, -0.05) is 12.1 Å². The summed E-state index contributed by atoms with van der Waals surface area (Å²) in [4.78, 5) is 24.0. The highest BCUT2D eigenvalue weighted by Crippen LogP contribution is 2.38. The Morgan fingerprint density at radius 2 is 1.56 bits per heavy atom. The van der Waals surface area contributed by atoms with Gasteiger partial charge in [-0.15, -0.1) is 0 Å². The maximum absolute atomic E-state index is 12.4. The molecule has 6 nitrogen and oxygen atoms in total. The van der Waals surface area contributed by atoms with Crippen molar-refractivity contribution >= 4 is 17.4 Å². The van der Waals surface area contributed by atoms with E-state index < -0.39 is 0 Å². The van der Waals surface area contributed by atoms with Crippen molar-refractivity contribution < 1.29 is 23.8 Å². The molecule has 0 atom stereocenters. The van der Waals surface area contributed by atoms with Crippen LogP contribution >= 0.6 is 0 Å². The Balaban J connectivity index is 2.23. The highest BCUT2D eigenvalue weighted by Gasteiger charge is 2.16. The summed E-state index contributed by atoms with van der Waals surface area (Å²) in [5, 5.41) is 2.77. The first-order chi connectivity index (χ1) is 12.0. The number of ether oxygens (including phenoxy) is 3. The summed E-state index contributed by atoms with van der Waals surface area (Å²) >= 11 is 0. The van der Waals surface area contributed by atoms with Crippen molar-refractivity contribution in [3.63, 3.8) is 0 Å². The topological polar surface area (TPSA) is 73.9 Å². The Morgan fingerprint density at radius 3 is 2.08 bits per heavy atom. The minimum absolute atomic E-state index is 0.100. The zero-order valence-electron chi connectivity index (χ0n) is 14.7. The van der Waals surface area contributed by atoms with E-state index in [0.717, 1.165) is 0 Å². The predicted molar refractivity (Wildman–Crippen MR) is 94.9 cm³/mol. The number of carbonyl (C=O) groups is 2. The lowest BCUT2D eigenvalue weighted by atomic mass is 10.1. The van der Waals surface area contributed by atoms with Crippen molar-refractivity contribution in [1.29, 1.82) is 0 Å². The van der Waals surface area contributed by atoms with E-state index in [-0.39, 0.29) is 18.1 Å². The minimum atomic E-state index is -0.247. The molecule has 2 rings (SSSR count). The molecular weight excluding hydrogens is 322 g/mol. The van der Waals surface area contributed by atoms with Crippen molar-refractivity contribution in [2.24, 2.45) is 0 Å². The number of Topliss-reactive ketones (excluding diaryl/α,β-unsaturated/α-hetero) is 1. The van der Waals surface area contributed by atoms with E-state index in [1.807, 2.05) is 0 Å². The van der Waals surface area contributed by atoms with E-state index >= 15 is 0 Å². The molecule has 2 aromatic carbocycles. The number of rotatable bonds is 7. The molecule has 0 bridgehead atoms. The second kappa shape index (κ2) is 8.19. The number of anilines is 1. The summed E-state index contributed by atoms with van der Waals surface area (Å²) in [6.07, 6.45) is 0.100. The van der Waals surface area contributed by atoms with Crippen LogP contribution in [0.2, 0.25) is 0 Å². The van der Waals surface area contributed by atoms with Gasteiger partial charge in [0.15, 0.2) is 17.3 Å². The van der Waals surface area contributed by atoms with E-state index in [2.05, 4.69) is 5.32 Å². The maximum atomic E-state index is 12.4. The van der Waals surface area contributed by atoms with Crippen LogP contribution in [0, 0.1) is 0 Å². The van der Waals surface area contributed by atoms with Crippen molar-refractivity contribution in [2.45, 2.75) is 13.3 Å². The number of nitrogens with one attached hydrogen (secondary N) is 1. The molecule has 25 heavy (non-hydrogen) atoms. The third kappa shape index (κ3) is 4.29. The lowest BCUT2D eigenvalue weighted by Crippen LogP contribution is -2.16. The standard InChI is InChI=1S/C19H21NO5/c1-12(21)14-7-5-6-8-15(14)20-18(22)11-13-9-16(23-2)19(25-4)17(10-13)24-3/h5-10H,11H2,1-4H3,(H,20,22). The molecular formula is C19H21NO5. The predicted octanol–water partition coefficient (Wildman–Crippen LogP) is 3.10. The molecule has 0 spiro atoms. The first-order valence-corrected chi connectivity index (χ1v) is 7.68. The van der Waals surface area contributed by atoms with Gasteiger partial charge >= 0.3 is 0 Å². The lowest BCUT2D eigenvalue weighted by molar-refractivity contribution is -0.115. The number of ketones is 1. The number of benzene rings is 2. The van der Waals surface area contributed by atoms with E-state index in [4.69, 9.17) is 14.2 Å². The van der Waals surface area contributed by atoms with Gasteiger partial charge in [-0.25, -0.2) is 0 Å². The SMILES string of the molecule is COc1cc(CC(=O)Nc2ccccc2C(C)=O)cc(OC)c1OC. The summed E-state index contributed by atoms with van der Waals surface area (Å²) in [7, 11) is 4.56. The first-order valence-electron chi connectivity index (χ1n) is 7.68. The Hall–Kier alpha value is -3.02. The van der Waals surface area contributed by atoms with Gasteiger partial charge in [0.05, 0.1) is 33.4 Å². The molecule has 6 heteroatoms. The van der Waals surface area contributed by atoms with E-state index in [0.29, 0.717) is 34.1 Å². The number of hydrogen-bond acceptors (Lipinski definition) is 5. The Kier molecular flexibility index (Phi) is 6.00. The summed E-state index contributed by atoms with van der Waals surface area (Å²) in [6, 6.07) is 10.3. The van der Waals surface area contributed by atoms with Crippen molar-refractivity contribution in [2.75, 3.05) is 26.6 Å². The number of carbonyl (C=O) groups excluding carboxylic acids is 2. The van der Waals surface area contributed by atoms with Crippen LogP contribution in [0.25, 0.3) is 0 Å². The maximum Gasteiger partial charge on any atom is 0.228 e. The molecule has 1 N–H and O–H groups in total. The van der Waals surface area contributed by atoms with Gasteiger partial charge in [0.1, 0.15) is 0 Å². The van der Waals surface area contributed by atoms with Crippen LogP contribution in [0.5, 0.6) is 17.2 Å². The third-order valence-corrected chi connectivity index (χ3v) is 3.67. The number of methoxy groups -OCH3 is 3. The molecule has 2 aromatic rings. The number of hydrogen-bond donors (Lipinski definition) is 1. The monoisotopic (exact) mass is 343 g/mol. The van der Waals surface area contributed by atoms with Gasteiger partial charge in [0.2, 0.25) is 11.7 Å². The average Bonchev–Trinajstić information content (AvgIpc) is 2.60. The van der Waals surface area contributed by atoms with E-state index in [9.17, 15) is 9.59 Å². The first kappa shape index (κ1) is 18.3. The summed E-state index contributed by atoms with van der Waals surface area (Å²) in [5.41, 5.74) is 1.67. The Bertz CT molecular complexity index is 760. The smallest absolute Gasteiger partial charge is 0.228 e. The normalized spacial score (nSPS) is 10.1. The van der Waals surface area contributed by atoms with Crippen LogP contribution in [0.4, 0.5) is 5.69 Å². The van der Waals surface area contributed by atoms with E-state index in [1.165, 1.54) is 28.3 Å². The molecule has 0 radical (unpaired) electrons. The number of para-hydroxylation sites is 1. The Morgan fingerprint density at radius 1 is 0.960 bits per heavy atom. The second-order valence-corrected chi connectivity index (χ2v) is 5.36. The molecule has 0 unspecified atom stereocenters. The molecule has 1 amide bonds. The third-order valence-electron chi connectivity index (χ3n) is 3.67. The molecule has 0 fully saturated rings. The van der Waals surface area contributed by atoms with Gasteiger partial charge in [-0.2, -0.15) is 0 Å². The van der Waals surface area contributed by atoms with Crippen LogP contribution in [0.3, 0.4) is 0 Å². The quantitative estimate of drug-likeness (QED) is 0.782. The molecule has 0 saturated heterocycles. The van der Waals surface area contributed by atoms with Crippen molar-refractivity contribution in [1.82, 2.24) is 0 Å². The molecule has 132 valence electrons. The zero-order chi connectivity index (χ0) is 18.4. The fourth-order valence-electron chi connectivity index (χ4n) is 2.52. The van der Waals surface area contributed by atoms with Crippen LogP contribution in [-0.4, -0.2) is 33.0 Å². The van der Waals surface area contributed by atoms with Crippen LogP contribution < -0.4 is 19.5 Å². The molecule has 0 aliphatic heterocycles. The highest BCUT2D eigenvalue weighted by atomic mass is 16.5. The summed E-state index contributed by atoms with van der Waals surface area (Å²) in [6.45, 7) is 1.46. The highest BCUT2D eigenvalue weighted by molar-refractivity contribution is 6.04. The molecule has 0 aliphatic carbocycles. The minimum Gasteiger partial charge on any atom is -0.493 e. The van der Waals surface area contributed by atoms with Crippen molar-refractivity contribution in [3.05, 3.63) is 47.5 Å². The van der Waals surface area contributed by atoms with E-state index in [1.54, 1.807) is 36.4 Å². The largest absolute Gasteiger partial charge is 0.493 e. The Labute approximate surface area is 146 Å². The van der Waals surface area contributed by atoms with Gasteiger partial charge in [-0.05, 0) is 36.8 Å². The van der Waals surface area contributed by atoms with Gasteiger partial charge in [0, 0.05) is 5.56 Å². The second-order valence-electron chi connectivity index (χ2n) is 5.36. The molecule has 0 aromatic heterocycles. The summed E-state index contributed by atoms with van der Waals surface area (Å²) < 4.78 is 15.8. The zero-order valence-corrected chi connectivity index (χ0v) is 14.7. The van der Waals surface area contributed by atoms with Crippen LogP contribution in [0.1, 0.15) is 22.8 Å². The van der Waals surface area contributed by atoms with Crippen LogP contribution in [-0.2, 0) is 11.2 Å². The fraction of sp³-hybridized carbons (Fsp3) is 0.263. The van der Waals surface area contributed by atoms with Crippen LogP contribution in [0.15, 0.2) is 36.4 Å². The molecule has 0 saturated carbocycles. The lowest BCUT2D eigenvalue weighted by Gasteiger charge is -2.14. The molecule has 0 aliphatic rings. The van der Waals surface area contributed by atoms with Gasteiger partial charge < -0.3 is 19.5 Å². The number of amides is 1. The van der Waals surface area contributed by atoms with Crippen molar-refractivity contribution in [3.8, 4) is 17.2 Å². The average molecular weight is 343 g/mol. The molecule has 0 heterocycles. The fourth-order valence-corrected chi connectivity index (χ4v) is 2.52. The van der Waals surface area contributed by atoms with Gasteiger partial charge in [-0.3, -0.25) is 9.59 Å².